The minimum atomic E-state index is -0.0773. The van der Waals surface area contributed by atoms with E-state index in [0.717, 1.165) is 11.1 Å². The molecule has 0 heterocycles. The molecule has 0 aliphatic heterocycles. The van der Waals surface area contributed by atoms with E-state index in [0.29, 0.717) is 29.8 Å². The number of Topliss-reactive ketones (excluding diaryl/α,β-unsaturated/α-hetero) is 1. The number of aryl methyl sites for hydroxylation is 1. The number of phenolic OH excluding ortho intramolecular Hbond substituents is 1. The molecular weight excluding hydrogens is 212 g/mol. The fraction of sp³-hybridized carbons (Fsp3) is 0.533. The molecule has 0 amide bonds. The Morgan fingerprint density at radius 2 is 1.94 bits per heavy atom. The molecule has 0 spiro atoms. The third-order valence-corrected chi connectivity index (χ3v) is 3.98. The molecule has 2 nitrogen and oxygen atoms in total. The zero-order valence-electron chi connectivity index (χ0n) is 10.9. The highest BCUT2D eigenvalue weighted by atomic mass is 16.3. The molecule has 1 aliphatic carbocycles. The predicted molar refractivity (Wildman–Crippen MR) is 68.5 cm³/mol. The third-order valence-electron chi connectivity index (χ3n) is 3.98. The average molecular weight is 232 g/mol. The van der Waals surface area contributed by atoms with Gasteiger partial charge in [-0.25, -0.2) is 0 Å². The van der Waals surface area contributed by atoms with Crippen LogP contribution in [0.1, 0.15) is 55.7 Å². The maximum atomic E-state index is 12.0. The Kier molecular flexibility index (Phi) is 2.98. The number of carbonyl (C=O) groups excluding carboxylic acids is 1. The van der Waals surface area contributed by atoms with Crippen LogP contribution >= 0.6 is 0 Å². The van der Waals surface area contributed by atoms with Gasteiger partial charge in [-0.1, -0.05) is 26.8 Å². The Hall–Kier alpha value is -1.31. The van der Waals surface area contributed by atoms with Crippen LogP contribution in [0.4, 0.5) is 0 Å². The SMILES string of the molecule is Cc1cc2c(cc1O)C(C)C(=O)CC2C(C)C. The number of fused-ring (bicyclic) bond motifs is 1. The quantitative estimate of drug-likeness (QED) is 0.804. The second-order valence-corrected chi connectivity index (χ2v) is 5.51. The Balaban J connectivity index is 2.60. The Labute approximate surface area is 103 Å². The lowest BCUT2D eigenvalue weighted by atomic mass is 9.72. The first-order valence-corrected chi connectivity index (χ1v) is 6.28. The number of hydrogen-bond acceptors (Lipinski definition) is 2. The summed E-state index contributed by atoms with van der Waals surface area (Å²) in [6.45, 7) is 8.15. The van der Waals surface area contributed by atoms with E-state index in [-0.39, 0.29) is 5.92 Å². The molecule has 17 heavy (non-hydrogen) atoms. The summed E-state index contributed by atoms with van der Waals surface area (Å²) in [5, 5.41) is 9.79. The van der Waals surface area contributed by atoms with Gasteiger partial charge in [0.25, 0.3) is 0 Å². The fourth-order valence-electron chi connectivity index (χ4n) is 2.70. The molecule has 0 aromatic heterocycles. The van der Waals surface area contributed by atoms with E-state index in [1.54, 1.807) is 6.07 Å². The summed E-state index contributed by atoms with van der Waals surface area (Å²) < 4.78 is 0. The van der Waals surface area contributed by atoms with Crippen molar-refractivity contribution in [1.29, 1.82) is 0 Å². The standard InChI is InChI=1S/C15H20O2/c1-8(2)11-6-15(17)10(4)12-7-14(16)9(3)5-13(11)12/h5,7-8,10-11,16H,6H2,1-4H3. The molecule has 2 atom stereocenters. The summed E-state index contributed by atoms with van der Waals surface area (Å²) in [5.74, 6) is 1.26. The molecule has 2 rings (SSSR count). The second-order valence-electron chi connectivity index (χ2n) is 5.51. The summed E-state index contributed by atoms with van der Waals surface area (Å²) in [7, 11) is 0. The molecular formula is C15H20O2. The van der Waals surface area contributed by atoms with Crippen LogP contribution < -0.4 is 0 Å². The van der Waals surface area contributed by atoms with Crippen LogP contribution in [-0.2, 0) is 4.79 Å². The van der Waals surface area contributed by atoms with Crippen molar-refractivity contribution in [2.45, 2.75) is 46.0 Å². The van der Waals surface area contributed by atoms with Crippen LogP contribution in [0.5, 0.6) is 5.75 Å². The van der Waals surface area contributed by atoms with Crippen molar-refractivity contribution in [3.05, 3.63) is 28.8 Å². The summed E-state index contributed by atoms with van der Waals surface area (Å²) in [5.41, 5.74) is 3.17. The van der Waals surface area contributed by atoms with Gasteiger partial charge < -0.3 is 5.11 Å². The zero-order valence-corrected chi connectivity index (χ0v) is 10.9. The minimum Gasteiger partial charge on any atom is -0.508 e. The normalized spacial score (nSPS) is 23.9. The van der Waals surface area contributed by atoms with Gasteiger partial charge in [-0.2, -0.15) is 0 Å². The maximum Gasteiger partial charge on any atom is 0.140 e. The molecule has 1 aromatic carbocycles. The topological polar surface area (TPSA) is 37.3 Å². The number of rotatable bonds is 1. The van der Waals surface area contributed by atoms with E-state index in [1.807, 2.05) is 13.8 Å². The van der Waals surface area contributed by atoms with Crippen molar-refractivity contribution in [3.63, 3.8) is 0 Å². The van der Waals surface area contributed by atoms with Gasteiger partial charge in [0.1, 0.15) is 11.5 Å². The molecule has 0 bridgehead atoms. The van der Waals surface area contributed by atoms with Gasteiger partial charge in [0.2, 0.25) is 0 Å². The van der Waals surface area contributed by atoms with Crippen LogP contribution in [0.3, 0.4) is 0 Å². The van der Waals surface area contributed by atoms with Gasteiger partial charge in [0.15, 0.2) is 0 Å². The lowest BCUT2D eigenvalue weighted by Gasteiger charge is -2.31. The highest BCUT2D eigenvalue weighted by Gasteiger charge is 2.32. The van der Waals surface area contributed by atoms with Crippen molar-refractivity contribution in [1.82, 2.24) is 0 Å². The molecule has 0 saturated heterocycles. The van der Waals surface area contributed by atoms with Crippen LogP contribution in [0.25, 0.3) is 0 Å². The van der Waals surface area contributed by atoms with Crippen molar-refractivity contribution >= 4 is 5.78 Å². The largest absolute Gasteiger partial charge is 0.508 e. The van der Waals surface area contributed by atoms with Crippen LogP contribution in [0.2, 0.25) is 0 Å². The number of benzene rings is 1. The second kappa shape index (κ2) is 4.17. The average Bonchev–Trinajstić information content (AvgIpc) is 2.26. The van der Waals surface area contributed by atoms with Crippen molar-refractivity contribution in [2.75, 3.05) is 0 Å². The van der Waals surface area contributed by atoms with E-state index < -0.39 is 0 Å². The molecule has 0 saturated carbocycles. The summed E-state index contributed by atoms with van der Waals surface area (Å²) in [4.78, 5) is 12.0. The predicted octanol–water partition coefficient (Wildman–Crippen LogP) is 3.52. The Morgan fingerprint density at radius 1 is 1.29 bits per heavy atom. The first-order chi connectivity index (χ1) is 7.91. The van der Waals surface area contributed by atoms with E-state index in [9.17, 15) is 9.90 Å². The number of phenols is 1. The fourth-order valence-corrected chi connectivity index (χ4v) is 2.70. The zero-order chi connectivity index (χ0) is 12.7. The van der Waals surface area contributed by atoms with E-state index >= 15 is 0 Å². The number of aromatic hydroxyl groups is 1. The molecule has 1 N–H and O–H groups in total. The van der Waals surface area contributed by atoms with E-state index in [2.05, 4.69) is 19.9 Å². The number of hydrogen-bond donors (Lipinski definition) is 1. The van der Waals surface area contributed by atoms with Crippen LogP contribution in [0, 0.1) is 12.8 Å². The third kappa shape index (κ3) is 1.97. The molecule has 2 heteroatoms. The lowest BCUT2D eigenvalue weighted by Crippen LogP contribution is -2.25. The van der Waals surface area contributed by atoms with E-state index in [4.69, 9.17) is 0 Å². The molecule has 1 aromatic rings. The first kappa shape index (κ1) is 12.2. The first-order valence-electron chi connectivity index (χ1n) is 6.28. The van der Waals surface area contributed by atoms with Gasteiger partial charge >= 0.3 is 0 Å². The van der Waals surface area contributed by atoms with Crippen LogP contribution in [-0.4, -0.2) is 10.9 Å². The highest BCUT2D eigenvalue weighted by Crippen LogP contribution is 2.42. The maximum absolute atomic E-state index is 12.0. The molecule has 2 unspecified atom stereocenters. The van der Waals surface area contributed by atoms with Gasteiger partial charge in [0.05, 0.1) is 0 Å². The van der Waals surface area contributed by atoms with Crippen LogP contribution in [0.15, 0.2) is 12.1 Å². The lowest BCUT2D eigenvalue weighted by molar-refractivity contribution is -0.121. The molecule has 0 fully saturated rings. The summed E-state index contributed by atoms with van der Waals surface area (Å²) in [6, 6.07) is 3.83. The van der Waals surface area contributed by atoms with Gasteiger partial charge in [-0.05, 0) is 41.5 Å². The molecule has 0 radical (unpaired) electrons. The summed E-state index contributed by atoms with van der Waals surface area (Å²) >= 11 is 0. The Bertz CT molecular complexity index is 460. The Morgan fingerprint density at radius 3 is 2.53 bits per heavy atom. The van der Waals surface area contributed by atoms with Crippen molar-refractivity contribution in [3.8, 4) is 5.75 Å². The van der Waals surface area contributed by atoms with Crippen molar-refractivity contribution in [2.24, 2.45) is 5.92 Å². The monoisotopic (exact) mass is 232 g/mol. The minimum absolute atomic E-state index is 0.0773. The van der Waals surface area contributed by atoms with Crippen molar-refractivity contribution < 1.29 is 9.90 Å². The van der Waals surface area contributed by atoms with Gasteiger partial charge in [0, 0.05) is 12.3 Å². The smallest absolute Gasteiger partial charge is 0.140 e. The van der Waals surface area contributed by atoms with Gasteiger partial charge in [-0.15, -0.1) is 0 Å². The highest BCUT2D eigenvalue weighted by molar-refractivity contribution is 5.88. The van der Waals surface area contributed by atoms with E-state index in [1.165, 1.54) is 5.56 Å². The summed E-state index contributed by atoms with van der Waals surface area (Å²) in [6.07, 6.45) is 0.635. The number of ketones is 1. The van der Waals surface area contributed by atoms with Gasteiger partial charge in [-0.3, -0.25) is 4.79 Å². The molecule has 1 aliphatic rings. The number of carbonyl (C=O) groups is 1. The molecule has 92 valence electrons.